The highest BCUT2D eigenvalue weighted by atomic mass is 15.0. The van der Waals surface area contributed by atoms with Crippen LogP contribution in [0.4, 0.5) is 0 Å². The lowest BCUT2D eigenvalue weighted by Crippen LogP contribution is -2.33. The molecule has 14 rings (SSSR count). The van der Waals surface area contributed by atoms with Crippen LogP contribution < -0.4 is 0 Å². The minimum atomic E-state index is -0.463. The van der Waals surface area contributed by atoms with Crippen molar-refractivity contribution in [2.24, 2.45) is 0 Å². The number of para-hydroxylation sites is 2. The summed E-state index contributed by atoms with van der Waals surface area (Å²) in [7, 11) is 0. The molecule has 64 heavy (non-hydrogen) atoms. The highest BCUT2D eigenvalue weighted by molar-refractivity contribution is 6.18. The minimum absolute atomic E-state index is 0.463. The molecule has 1 aliphatic heterocycles. The van der Waals surface area contributed by atoms with Gasteiger partial charge in [0.1, 0.15) is 0 Å². The molecule has 0 N–H and O–H groups in total. The predicted octanol–water partition coefficient (Wildman–Crippen LogP) is 15.2. The van der Waals surface area contributed by atoms with Crippen molar-refractivity contribution in [3.05, 3.63) is 247 Å². The third-order valence-electron chi connectivity index (χ3n) is 14.0. The summed E-state index contributed by atoms with van der Waals surface area (Å²) in [4.78, 5) is 10.4. The second-order valence-corrected chi connectivity index (χ2v) is 17.2. The first-order valence-corrected chi connectivity index (χ1v) is 22.1. The van der Waals surface area contributed by atoms with Gasteiger partial charge in [-0.15, -0.1) is 0 Å². The maximum Gasteiger partial charge on any atom is 0.160 e. The molecule has 12 aromatic rings. The van der Waals surface area contributed by atoms with Gasteiger partial charge >= 0.3 is 0 Å². The van der Waals surface area contributed by atoms with E-state index in [9.17, 15) is 0 Å². The van der Waals surface area contributed by atoms with Crippen molar-refractivity contribution in [3.63, 3.8) is 0 Å². The van der Waals surface area contributed by atoms with Crippen LogP contribution in [0.3, 0.4) is 0 Å². The zero-order valence-corrected chi connectivity index (χ0v) is 34.7. The zero-order valence-electron chi connectivity index (χ0n) is 34.7. The van der Waals surface area contributed by atoms with E-state index >= 15 is 0 Å². The molecule has 296 valence electrons. The largest absolute Gasteiger partial charge is 0.309 e. The molecule has 2 aromatic heterocycles. The molecular weight excluding hydrogens is 775 g/mol. The van der Waals surface area contributed by atoms with Crippen molar-refractivity contribution in [1.29, 1.82) is 0 Å². The number of nitrogens with zero attached hydrogens (tertiary/aromatic N) is 3. The standard InChI is InChI=1S/C61H37N3/c1-2-15-41(16-3-1)60-62-54(37-55(63-60)43-32-33-45-42(36-43)31-28-38-14-4-5-17-44(38)45)40-29-26-39(27-30-40)46-34-35-53-59-58(46)49-20-8-12-24-56(49)64(59)57-25-13-11-23-52(57)61(53)50-21-9-6-18-47(50)48-19-7-10-22-51(48)61/h1-37H. The Morgan fingerprint density at radius 2 is 0.938 bits per heavy atom. The van der Waals surface area contributed by atoms with E-state index in [1.54, 1.807) is 0 Å². The van der Waals surface area contributed by atoms with Crippen LogP contribution in [-0.4, -0.2) is 14.5 Å². The van der Waals surface area contributed by atoms with Crippen LogP contribution in [0, 0.1) is 0 Å². The molecule has 0 bridgehead atoms. The molecule has 1 spiro atoms. The minimum Gasteiger partial charge on any atom is -0.309 e. The molecule has 3 nitrogen and oxygen atoms in total. The average molecular weight is 812 g/mol. The molecule has 10 aromatic carbocycles. The average Bonchev–Trinajstić information content (AvgIpc) is 3.87. The van der Waals surface area contributed by atoms with Gasteiger partial charge in [0.2, 0.25) is 0 Å². The van der Waals surface area contributed by atoms with Gasteiger partial charge in [0.15, 0.2) is 5.82 Å². The smallest absolute Gasteiger partial charge is 0.160 e. The highest BCUT2D eigenvalue weighted by Crippen LogP contribution is 2.61. The van der Waals surface area contributed by atoms with Crippen LogP contribution in [0.15, 0.2) is 224 Å². The van der Waals surface area contributed by atoms with Gasteiger partial charge in [0.25, 0.3) is 0 Å². The summed E-state index contributed by atoms with van der Waals surface area (Å²) in [6.45, 7) is 0. The number of benzene rings is 10. The summed E-state index contributed by atoms with van der Waals surface area (Å²) in [6, 6.07) is 82.1. The highest BCUT2D eigenvalue weighted by Gasteiger charge is 2.50. The van der Waals surface area contributed by atoms with Crippen LogP contribution in [0.2, 0.25) is 0 Å². The fourth-order valence-corrected chi connectivity index (χ4v) is 11.3. The van der Waals surface area contributed by atoms with Crippen LogP contribution in [0.5, 0.6) is 0 Å². The first-order valence-electron chi connectivity index (χ1n) is 22.1. The molecule has 0 saturated heterocycles. The van der Waals surface area contributed by atoms with Crippen molar-refractivity contribution in [2.75, 3.05) is 0 Å². The van der Waals surface area contributed by atoms with E-state index in [2.05, 4.69) is 211 Å². The van der Waals surface area contributed by atoms with Crippen LogP contribution >= 0.6 is 0 Å². The lowest BCUT2D eigenvalue weighted by atomic mass is 9.65. The number of hydrogen-bond donors (Lipinski definition) is 0. The van der Waals surface area contributed by atoms with E-state index in [0.29, 0.717) is 5.82 Å². The molecule has 0 atom stereocenters. The Hall–Kier alpha value is -8.40. The van der Waals surface area contributed by atoms with E-state index in [1.165, 1.54) is 88.0 Å². The Balaban J connectivity index is 0.953. The topological polar surface area (TPSA) is 30.7 Å². The number of fused-ring (bicyclic) bond motifs is 15. The van der Waals surface area contributed by atoms with Crippen LogP contribution in [0.1, 0.15) is 22.3 Å². The van der Waals surface area contributed by atoms with Gasteiger partial charge in [-0.1, -0.05) is 200 Å². The Labute approximate surface area is 370 Å². The van der Waals surface area contributed by atoms with Gasteiger partial charge in [0.05, 0.1) is 33.5 Å². The van der Waals surface area contributed by atoms with Crippen LogP contribution in [0.25, 0.3) is 105 Å². The fraction of sp³-hybridized carbons (Fsp3) is 0.0164. The SMILES string of the molecule is c1ccc(-c2nc(-c3ccc(-c4ccc5c6c4c4ccccc4n6-c4ccccc4C54c5ccccc5-c5ccccc54)cc3)cc(-c3ccc4c(ccc5ccccc54)c3)n2)cc1. The lowest BCUT2D eigenvalue weighted by Gasteiger charge is -2.39. The Bertz CT molecular complexity index is 3850. The molecule has 0 fully saturated rings. The molecule has 0 saturated carbocycles. The van der Waals surface area contributed by atoms with Crippen molar-refractivity contribution in [3.8, 4) is 61.8 Å². The molecule has 1 aliphatic carbocycles. The Morgan fingerprint density at radius 1 is 0.344 bits per heavy atom. The second-order valence-electron chi connectivity index (χ2n) is 17.2. The lowest BCUT2D eigenvalue weighted by molar-refractivity contribution is 0.748. The second kappa shape index (κ2) is 13.3. The third-order valence-corrected chi connectivity index (χ3v) is 14.0. The molecule has 3 heterocycles. The molecule has 0 amide bonds. The fourth-order valence-electron chi connectivity index (χ4n) is 11.3. The van der Waals surface area contributed by atoms with Gasteiger partial charge in [-0.2, -0.15) is 0 Å². The monoisotopic (exact) mass is 811 g/mol. The third kappa shape index (κ3) is 4.81. The van der Waals surface area contributed by atoms with E-state index in [-0.39, 0.29) is 0 Å². The molecule has 2 aliphatic rings. The van der Waals surface area contributed by atoms with E-state index < -0.39 is 5.41 Å². The molecule has 3 heteroatoms. The van der Waals surface area contributed by atoms with Crippen molar-refractivity contribution in [1.82, 2.24) is 14.5 Å². The van der Waals surface area contributed by atoms with E-state index in [1.807, 2.05) is 18.2 Å². The van der Waals surface area contributed by atoms with Crippen LogP contribution in [-0.2, 0) is 5.41 Å². The molecular formula is C61H37N3. The van der Waals surface area contributed by atoms with Crippen molar-refractivity contribution >= 4 is 43.4 Å². The quantitative estimate of drug-likeness (QED) is 0.166. The normalized spacial score (nSPS) is 13.1. The molecule has 0 radical (unpaired) electrons. The first-order chi connectivity index (χ1) is 31.7. The number of aromatic nitrogens is 3. The first kappa shape index (κ1) is 35.2. The van der Waals surface area contributed by atoms with Gasteiger partial charge in [-0.3, -0.25) is 0 Å². The van der Waals surface area contributed by atoms with Gasteiger partial charge in [-0.05, 0) is 90.3 Å². The summed E-state index contributed by atoms with van der Waals surface area (Å²) in [5, 5.41) is 7.46. The Morgan fingerprint density at radius 3 is 1.73 bits per heavy atom. The van der Waals surface area contributed by atoms with E-state index in [0.717, 1.165) is 33.6 Å². The zero-order chi connectivity index (χ0) is 41.9. The summed E-state index contributed by atoms with van der Waals surface area (Å²) in [5.74, 6) is 0.708. The Kier molecular flexibility index (Phi) is 7.32. The van der Waals surface area contributed by atoms with Crippen molar-refractivity contribution < 1.29 is 0 Å². The number of rotatable bonds is 4. The summed E-state index contributed by atoms with van der Waals surface area (Å²) < 4.78 is 2.53. The summed E-state index contributed by atoms with van der Waals surface area (Å²) >= 11 is 0. The van der Waals surface area contributed by atoms with Gasteiger partial charge in [0, 0.05) is 27.5 Å². The summed E-state index contributed by atoms with van der Waals surface area (Å²) in [6.07, 6.45) is 0. The maximum absolute atomic E-state index is 5.21. The van der Waals surface area contributed by atoms with E-state index in [4.69, 9.17) is 9.97 Å². The summed E-state index contributed by atoms with van der Waals surface area (Å²) in [5.41, 5.74) is 18.4. The number of hydrogen-bond acceptors (Lipinski definition) is 2. The van der Waals surface area contributed by atoms with Gasteiger partial charge < -0.3 is 4.57 Å². The predicted molar refractivity (Wildman–Crippen MR) is 264 cm³/mol. The maximum atomic E-state index is 5.21. The molecule has 0 unspecified atom stereocenters. The van der Waals surface area contributed by atoms with Crippen molar-refractivity contribution in [2.45, 2.75) is 5.41 Å². The van der Waals surface area contributed by atoms with Gasteiger partial charge in [-0.25, -0.2) is 9.97 Å².